The second kappa shape index (κ2) is 4.66. The van der Waals surface area contributed by atoms with Crippen LogP contribution in [-0.2, 0) is 7.05 Å². The summed E-state index contributed by atoms with van der Waals surface area (Å²) in [5.41, 5.74) is 1.68. The quantitative estimate of drug-likeness (QED) is 0.684. The molecule has 0 atom stereocenters. The molecule has 0 unspecified atom stereocenters. The maximum absolute atomic E-state index is 11.0. The van der Waals surface area contributed by atoms with E-state index in [1.807, 2.05) is 6.92 Å². The van der Waals surface area contributed by atoms with Gasteiger partial charge in [-0.25, -0.2) is 0 Å². The van der Waals surface area contributed by atoms with E-state index in [1.54, 1.807) is 30.1 Å². The Morgan fingerprint density at radius 2 is 2.17 bits per heavy atom. The van der Waals surface area contributed by atoms with E-state index in [2.05, 4.69) is 10.4 Å². The van der Waals surface area contributed by atoms with Crippen LogP contribution in [0.25, 0.3) is 0 Å². The molecule has 0 aliphatic heterocycles. The Morgan fingerprint density at radius 1 is 1.44 bits per heavy atom. The summed E-state index contributed by atoms with van der Waals surface area (Å²) in [7, 11) is 1.78. The maximum atomic E-state index is 11.0. The first-order chi connectivity index (χ1) is 8.49. The molecule has 7 heteroatoms. The fraction of sp³-hybridized carbons (Fsp3) is 0.182. The molecule has 0 fully saturated rings. The molecule has 2 rings (SSSR count). The summed E-state index contributed by atoms with van der Waals surface area (Å²) in [5.74, 6) is 0. The topological polar surface area (TPSA) is 73.0 Å². The van der Waals surface area contributed by atoms with Gasteiger partial charge in [-0.2, -0.15) is 5.10 Å². The van der Waals surface area contributed by atoms with Crippen LogP contribution in [0.15, 0.2) is 24.4 Å². The predicted molar refractivity (Wildman–Crippen MR) is 69.3 cm³/mol. The zero-order valence-electron chi connectivity index (χ0n) is 9.85. The molecule has 0 saturated carbocycles. The van der Waals surface area contributed by atoms with Gasteiger partial charge in [0.15, 0.2) is 0 Å². The highest BCUT2D eigenvalue weighted by atomic mass is 35.5. The van der Waals surface area contributed by atoms with Gasteiger partial charge in [0.1, 0.15) is 10.7 Å². The van der Waals surface area contributed by atoms with Crippen LogP contribution >= 0.6 is 11.6 Å². The van der Waals surface area contributed by atoms with E-state index in [4.69, 9.17) is 11.6 Å². The maximum Gasteiger partial charge on any atom is 0.311 e. The first kappa shape index (κ1) is 12.4. The molecule has 1 heterocycles. The lowest BCUT2D eigenvalue weighted by Gasteiger charge is -2.06. The zero-order chi connectivity index (χ0) is 13.3. The highest BCUT2D eigenvalue weighted by Crippen LogP contribution is 2.34. The average Bonchev–Trinajstić information content (AvgIpc) is 2.57. The number of aryl methyl sites for hydroxylation is 2. The predicted octanol–water partition coefficient (Wildman–Crippen LogP) is 3.03. The molecule has 18 heavy (non-hydrogen) atoms. The Hall–Kier alpha value is -2.08. The van der Waals surface area contributed by atoms with Crippen molar-refractivity contribution in [1.29, 1.82) is 0 Å². The minimum absolute atomic E-state index is 0.103. The van der Waals surface area contributed by atoms with Gasteiger partial charge < -0.3 is 5.32 Å². The summed E-state index contributed by atoms with van der Waals surface area (Å²) in [6.07, 6.45) is 1.75. The van der Waals surface area contributed by atoms with Gasteiger partial charge in [0.25, 0.3) is 0 Å². The van der Waals surface area contributed by atoms with Crippen molar-refractivity contribution in [3.8, 4) is 0 Å². The van der Waals surface area contributed by atoms with Gasteiger partial charge in [-0.15, -0.1) is 0 Å². The minimum Gasteiger partial charge on any atom is -0.347 e. The van der Waals surface area contributed by atoms with Crippen molar-refractivity contribution in [3.63, 3.8) is 0 Å². The second-order valence-electron chi connectivity index (χ2n) is 3.82. The first-order valence-electron chi connectivity index (χ1n) is 5.19. The lowest BCUT2D eigenvalue weighted by Crippen LogP contribution is -1.98. The van der Waals surface area contributed by atoms with Crippen LogP contribution in [0.3, 0.4) is 0 Å². The van der Waals surface area contributed by atoms with Crippen LogP contribution in [0.1, 0.15) is 5.69 Å². The van der Waals surface area contributed by atoms with Crippen LogP contribution in [0, 0.1) is 17.0 Å². The molecular weight excluding hydrogens is 256 g/mol. The number of para-hydroxylation sites is 1. The smallest absolute Gasteiger partial charge is 0.311 e. The van der Waals surface area contributed by atoms with Crippen LogP contribution in [-0.4, -0.2) is 14.7 Å². The van der Waals surface area contributed by atoms with E-state index in [1.165, 1.54) is 6.07 Å². The van der Waals surface area contributed by atoms with Crippen molar-refractivity contribution in [2.45, 2.75) is 6.92 Å². The number of anilines is 2. The Bertz CT molecular complexity index is 609. The third-order valence-corrected chi connectivity index (χ3v) is 2.76. The molecule has 2 aromatic rings. The summed E-state index contributed by atoms with van der Waals surface area (Å²) < 4.78 is 1.63. The number of rotatable bonds is 3. The number of hydrogen-bond acceptors (Lipinski definition) is 4. The van der Waals surface area contributed by atoms with Gasteiger partial charge in [-0.3, -0.25) is 14.8 Å². The summed E-state index contributed by atoms with van der Waals surface area (Å²) in [6, 6.07) is 4.75. The van der Waals surface area contributed by atoms with Crippen molar-refractivity contribution in [2.75, 3.05) is 5.32 Å². The average molecular weight is 267 g/mol. The van der Waals surface area contributed by atoms with E-state index >= 15 is 0 Å². The molecule has 1 N–H and O–H groups in total. The molecule has 0 saturated heterocycles. The van der Waals surface area contributed by atoms with Crippen LogP contribution < -0.4 is 5.32 Å². The standard InChI is InChI=1S/C11H11ClN4O2/c1-7-10(6-15(2)14-7)13-9-5-3-4-8(12)11(9)16(17)18/h3-6,13H,1-2H3. The van der Waals surface area contributed by atoms with E-state index in [-0.39, 0.29) is 10.7 Å². The van der Waals surface area contributed by atoms with Crippen molar-refractivity contribution >= 4 is 28.7 Å². The fourth-order valence-corrected chi connectivity index (χ4v) is 1.91. The third-order valence-electron chi connectivity index (χ3n) is 2.45. The lowest BCUT2D eigenvalue weighted by atomic mass is 10.2. The molecule has 0 amide bonds. The molecule has 6 nitrogen and oxygen atoms in total. The summed E-state index contributed by atoms with van der Waals surface area (Å²) >= 11 is 5.83. The van der Waals surface area contributed by atoms with E-state index in [9.17, 15) is 10.1 Å². The zero-order valence-corrected chi connectivity index (χ0v) is 10.6. The number of hydrogen-bond donors (Lipinski definition) is 1. The van der Waals surface area contributed by atoms with Crippen molar-refractivity contribution < 1.29 is 4.92 Å². The number of aromatic nitrogens is 2. The van der Waals surface area contributed by atoms with Crippen molar-refractivity contribution in [1.82, 2.24) is 9.78 Å². The molecule has 0 bridgehead atoms. The van der Waals surface area contributed by atoms with Gasteiger partial charge >= 0.3 is 5.69 Å². The Labute approximate surface area is 108 Å². The highest BCUT2D eigenvalue weighted by Gasteiger charge is 2.19. The second-order valence-corrected chi connectivity index (χ2v) is 4.23. The monoisotopic (exact) mass is 266 g/mol. The molecule has 0 aliphatic carbocycles. The Balaban J connectivity index is 2.43. The largest absolute Gasteiger partial charge is 0.347 e. The van der Waals surface area contributed by atoms with Gasteiger partial charge in [-0.05, 0) is 19.1 Å². The lowest BCUT2D eigenvalue weighted by molar-refractivity contribution is -0.383. The fourth-order valence-electron chi connectivity index (χ4n) is 1.67. The highest BCUT2D eigenvalue weighted by molar-refractivity contribution is 6.33. The van der Waals surface area contributed by atoms with Crippen LogP contribution in [0.2, 0.25) is 5.02 Å². The molecule has 0 radical (unpaired) electrons. The molecule has 94 valence electrons. The number of nitro benzene ring substituents is 1. The van der Waals surface area contributed by atoms with E-state index in [0.717, 1.165) is 5.69 Å². The van der Waals surface area contributed by atoms with Crippen molar-refractivity contribution in [2.24, 2.45) is 7.05 Å². The number of benzene rings is 1. The molecular formula is C11H11ClN4O2. The SMILES string of the molecule is Cc1nn(C)cc1Nc1cccc(Cl)c1[N+](=O)[O-]. The van der Waals surface area contributed by atoms with Crippen LogP contribution in [0.4, 0.5) is 17.1 Å². The summed E-state index contributed by atoms with van der Waals surface area (Å²) in [5, 5.41) is 18.2. The van der Waals surface area contributed by atoms with Crippen molar-refractivity contribution in [3.05, 3.63) is 45.2 Å². The van der Waals surface area contributed by atoms with E-state index in [0.29, 0.717) is 11.4 Å². The Morgan fingerprint density at radius 3 is 2.72 bits per heavy atom. The summed E-state index contributed by atoms with van der Waals surface area (Å²) in [4.78, 5) is 10.5. The molecule has 0 aliphatic rings. The van der Waals surface area contributed by atoms with Gasteiger partial charge in [0, 0.05) is 13.2 Å². The minimum atomic E-state index is -0.504. The van der Waals surface area contributed by atoms with Crippen LogP contribution in [0.5, 0.6) is 0 Å². The number of nitrogens with zero attached hydrogens (tertiary/aromatic N) is 3. The first-order valence-corrected chi connectivity index (χ1v) is 5.57. The van der Waals surface area contributed by atoms with Gasteiger partial charge in [0.2, 0.25) is 0 Å². The normalized spacial score (nSPS) is 10.4. The molecule has 1 aromatic heterocycles. The van der Waals surface area contributed by atoms with E-state index < -0.39 is 4.92 Å². The number of nitrogens with one attached hydrogen (secondary N) is 1. The Kier molecular flexibility index (Phi) is 3.20. The van der Waals surface area contributed by atoms with Gasteiger partial charge in [0.05, 0.1) is 16.3 Å². The number of halogens is 1. The molecule has 0 spiro atoms. The molecule has 1 aromatic carbocycles. The van der Waals surface area contributed by atoms with Gasteiger partial charge in [-0.1, -0.05) is 17.7 Å². The number of nitro groups is 1. The third kappa shape index (κ3) is 2.28. The summed E-state index contributed by atoms with van der Waals surface area (Å²) in [6.45, 7) is 1.82.